The van der Waals surface area contributed by atoms with Crippen molar-refractivity contribution in [1.29, 1.82) is 0 Å². The number of rotatable bonds is 4. The molecular weight excluding hydrogens is 128 g/mol. The van der Waals surface area contributed by atoms with Crippen LogP contribution < -0.4 is 0 Å². The predicted molar refractivity (Wildman–Crippen MR) is 39.7 cm³/mol. The fourth-order valence-corrected chi connectivity index (χ4v) is 0.885. The fraction of sp³-hybridized carbons (Fsp3) is 0.750. The number of aldehydes is 2. The van der Waals surface area contributed by atoms with Gasteiger partial charge in [-0.3, -0.25) is 0 Å². The van der Waals surface area contributed by atoms with E-state index in [0.717, 1.165) is 19.0 Å². The highest BCUT2D eigenvalue weighted by atomic mass is 16.1. The van der Waals surface area contributed by atoms with E-state index in [9.17, 15) is 9.59 Å². The summed E-state index contributed by atoms with van der Waals surface area (Å²) < 4.78 is 0. The number of carbonyl (C=O) groups excluding carboxylic acids is 2. The van der Waals surface area contributed by atoms with Crippen molar-refractivity contribution in [3.8, 4) is 0 Å². The SMILES string of the molecule is CCC(C=O)C(C)(C)C=O. The maximum absolute atomic E-state index is 10.4. The van der Waals surface area contributed by atoms with Gasteiger partial charge in [0.05, 0.1) is 0 Å². The Morgan fingerprint density at radius 1 is 1.40 bits per heavy atom. The number of carbonyl (C=O) groups is 2. The Morgan fingerprint density at radius 3 is 2.00 bits per heavy atom. The molecule has 2 nitrogen and oxygen atoms in total. The van der Waals surface area contributed by atoms with Crippen LogP contribution in [0.4, 0.5) is 0 Å². The van der Waals surface area contributed by atoms with Gasteiger partial charge in [-0.25, -0.2) is 0 Å². The summed E-state index contributed by atoms with van der Waals surface area (Å²) in [6.45, 7) is 5.47. The molecule has 0 aliphatic rings. The molecule has 0 N–H and O–H groups in total. The van der Waals surface area contributed by atoms with Gasteiger partial charge >= 0.3 is 0 Å². The van der Waals surface area contributed by atoms with Gasteiger partial charge in [-0.1, -0.05) is 20.8 Å². The van der Waals surface area contributed by atoms with E-state index in [1.165, 1.54) is 0 Å². The molecule has 0 aliphatic carbocycles. The zero-order valence-corrected chi connectivity index (χ0v) is 6.76. The van der Waals surface area contributed by atoms with Crippen LogP contribution in [0, 0.1) is 11.3 Å². The predicted octanol–water partition coefficient (Wildman–Crippen LogP) is 1.44. The van der Waals surface area contributed by atoms with Crippen LogP contribution in [0.1, 0.15) is 27.2 Å². The van der Waals surface area contributed by atoms with Crippen molar-refractivity contribution in [1.82, 2.24) is 0 Å². The normalized spacial score (nSPS) is 14.3. The Morgan fingerprint density at radius 2 is 1.90 bits per heavy atom. The fourth-order valence-electron chi connectivity index (χ4n) is 0.885. The van der Waals surface area contributed by atoms with Gasteiger partial charge in [-0.2, -0.15) is 0 Å². The molecule has 1 unspecified atom stereocenters. The average Bonchev–Trinajstić information content (AvgIpc) is 1.90. The maximum atomic E-state index is 10.4. The van der Waals surface area contributed by atoms with Crippen molar-refractivity contribution < 1.29 is 9.59 Å². The molecule has 0 amide bonds. The lowest BCUT2D eigenvalue weighted by Gasteiger charge is -2.22. The van der Waals surface area contributed by atoms with Crippen LogP contribution in [0.5, 0.6) is 0 Å². The molecule has 0 aliphatic heterocycles. The second-order valence-electron chi connectivity index (χ2n) is 3.09. The number of hydrogen-bond donors (Lipinski definition) is 0. The molecule has 0 aromatic rings. The third kappa shape index (κ3) is 1.94. The van der Waals surface area contributed by atoms with Gasteiger partial charge in [0.2, 0.25) is 0 Å². The van der Waals surface area contributed by atoms with Crippen LogP contribution in [-0.2, 0) is 9.59 Å². The lowest BCUT2D eigenvalue weighted by Crippen LogP contribution is -2.26. The van der Waals surface area contributed by atoms with E-state index in [2.05, 4.69) is 0 Å². The van der Waals surface area contributed by atoms with E-state index in [-0.39, 0.29) is 5.92 Å². The van der Waals surface area contributed by atoms with E-state index >= 15 is 0 Å². The molecule has 0 heterocycles. The van der Waals surface area contributed by atoms with Crippen LogP contribution in [0.2, 0.25) is 0 Å². The third-order valence-electron chi connectivity index (χ3n) is 1.86. The molecule has 0 radical (unpaired) electrons. The van der Waals surface area contributed by atoms with Gasteiger partial charge in [-0.05, 0) is 6.42 Å². The lowest BCUT2D eigenvalue weighted by atomic mass is 9.80. The lowest BCUT2D eigenvalue weighted by molar-refractivity contribution is -0.124. The molecule has 0 fully saturated rings. The van der Waals surface area contributed by atoms with E-state index < -0.39 is 5.41 Å². The quantitative estimate of drug-likeness (QED) is 0.556. The monoisotopic (exact) mass is 142 g/mol. The largest absolute Gasteiger partial charge is 0.303 e. The third-order valence-corrected chi connectivity index (χ3v) is 1.86. The van der Waals surface area contributed by atoms with Crippen LogP contribution >= 0.6 is 0 Å². The van der Waals surface area contributed by atoms with Gasteiger partial charge < -0.3 is 9.59 Å². The number of hydrogen-bond acceptors (Lipinski definition) is 2. The van der Waals surface area contributed by atoms with E-state index in [4.69, 9.17) is 0 Å². The summed E-state index contributed by atoms with van der Waals surface area (Å²) in [6, 6.07) is 0. The standard InChI is InChI=1S/C8H14O2/c1-4-7(5-9)8(2,3)6-10/h5-7H,4H2,1-3H3. The summed E-state index contributed by atoms with van der Waals surface area (Å²) in [7, 11) is 0. The van der Waals surface area contributed by atoms with E-state index in [0.29, 0.717) is 0 Å². The molecular formula is C8H14O2. The second kappa shape index (κ2) is 3.49. The first kappa shape index (κ1) is 9.34. The molecule has 1 atom stereocenters. The van der Waals surface area contributed by atoms with Crippen molar-refractivity contribution in [3.05, 3.63) is 0 Å². The molecule has 0 bridgehead atoms. The van der Waals surface area contributed by atoms with Gasteiger partial charge in [0, 0.05) is 11.3 Å². The van der Waals surface area contributed by atoms with Crippen molar-refractivity contribution >= 4 is 12.6 Å². The maximum Gasteiger partial charge on any atom is 0.126 e. The molecule has 0 saturated carbocycles. The van der Waals surface area contributed by atoms with Crippen LogP contribution in [0.3, 0.4) is 0 Å². The summed E-state index contributed by atoms with van der Waals surface area (Å²) in [5, 5.41) is 0. The molecule has 0 spiro atoms. The van der Waals surface area contributed by atoms with Crippen molar-refractivity contribution in [2.45, 2.75) is 27.2 Å². The molecule has 2 heteroatoms. The van der Waals surface area contributed by atoms with Gasteiger partial charge in [-0.15, -0.1) is 0 Å². The summed E-state index contributed by atoms with van der Waals surface area (Å²) in [5.41, 5.74) is -0.490. The van der Waals surface area contributed by atoms with Gasteiger partial charge in [0.15, 0.2) is 0 Å². The summed E-state index contributed by atoms with van der Waals surface area (Å²) in [5.74, 6) is -0.134. The van der Waals surface area contributed by atoms with E-state index in [1.54, 1.807) is 13.8 Å². The summed E-state index contributed by atoms with van der Waals surface area (Å²) in [4.78, 5) is 20.8. The van der Waals surface area contributed by atoms with Gasteiger partial charge in [0.1, 0.15) is 12.6 Å². The van der Waals surface area contributed by atoms with Crippen molar-refractivity contribution in [3.63, 3.8) is 0 Å². The Balaban J connectivity index is 4.24. The highest BCUT2D eigenvalue weighted by Crippen LogP contribution is 2.24. The van der Waals surface area contributed by atoms with Crippen LogP contribution in [-0.4, -0.2) is 12.6 Å². The van der Waals surface area contributed by atoms with Crippen LogP contribution in [0.15, 0.2) is 0 Å². The van der Waals surface area contributed by atoms with Gasteiger partial charge in [0.25, 0.3) is 0 Å². The smallest absolute Gasteiger partial charge is 0.126 e. The Bertz CT molecular complexity index is 127. The second-order valence-corrected chi connectivity index (χ2v) is 3.09. The highest BCUT2D eigenvalue weighted by Gasteiger charge is 2.26. The summed E-state index contributed by atoms with van der Waals surface area (Å²) >= 11 is 0. The Kier molecular flexibility index (Phi) is 3.26. The van der Waals surface area contributed by atoms with E-state index in [1.807, 2.05) is 6.92 Å². The topological polar surface area (TPSA) is 34.1 Å². The molecule has 58 valence electrons. The molecule has 0 aromatic carbocycles. The first-order valence-electron chi connectivity index (χ1n) is 3.50. The molecule has 0 rings (SSSR count). The zero-order valence-electron chi connectivity index (χ0n) is 6.76. The zero-order chi connectivity index (χ0) is 8.20. The van der Waals surface area contributed by atoms with Crippen molar-refractivity contribution in [2.24, 2.45) is 11.3 Å². The average molecular weight is 142 g/mol. The minimum absolute atomic E-state index is 0.134. The molecule has 0 saturated heterocycles. The van der Waals surface area contributed by atoms with Crippen LogP contribution in [0.25, 0.3) is 0 Å². The molecule has 10 heavy (non-hydrogen) atoms. The minimum Gasteiger partial charge on any atom is -0.303 e. The summed E-state index contributed by atoms with van der Waals surface area (Å²) in [6.07, 6.45) is 2.43. The first-order chi connectivity index (χ1) is 4.58. The minimum atomic E-state index is -0.490. The molecule has 0 aromatic heterocycles. The van der Waals surface area contributed by atoms with Crippen molar-refractivity contribution in [2.75, 3.05) is 0 Å². The Labute approximate surface area is 61.6 Å². The first-order valence-corrected chi connectivity index (χ1v) is 3.50. The highest BCUT2D eigenvalue weighted by molar-refractivity contribution is 5.67. The Hall–Kier alpha value is -0.660.